The molecule has 1 heterocycles. The van der Waals surface area contributed by atoms with Gasteiger partial charge in [0.2, 0.25) is 5.91 Å². The van der Waals surface area contributed by atoms with Crippen LogP contribution in [0.3, 0.4) is 0 Å². The van der Waals surface area contributed by atoms with Crippen molar-refractivity contribution in [1.82, 2.24) is 10.2 Å². The average Bonchev–Trinajstić information content (AvgIpc) is 2.97. The molecule has 0 bridgehead atoms. The Morgan fingerprint density at radius 1 is 1.31 bits per heavy atom. The van der Waals surface area contributed by atoms with Crippen molar-refractivity contribution >= 4 is 18.0 Å². The maximum Gasteiger partial charge on any atom is 0.408 e. The van der Waals surface area contributed by atoms with Crippen molar-refractivity contribution in [2.75, 3.05) is 6.54 Å². The highest BCUT2D eigenvalue weighted by molar-refractivity contribution is 5.90. The molecule has 0 aliphatic carbocycles. The van der Waals surface area contributed by atoms with Gasteiger partial charge in [0, 0.05) is 13.0 Å². The summed E-state index contributed by atoms with van der Waals surface area (Å²) in [6.07, 6.45) is 2.61. The number of amides is 2. The second-order valence-electron chi connectivity index (χ2n) is 9.04. The molecule has 1 saturated heterocycles. The molecule has 0 aromatic heterocycles. The van der Waals surface area contributed by atoms with Crippen LogP contribution in [0, 0.1) is 11.8 Å². The zero-order valence-electron chi connectivity index (χ0n) is 18.2. The molecule has 29 heavy (non-hydrogen) atoms. The Kier molecular flexibility index (Phi) is 9.14. The number of rotatable bonds is 9. The highest BCUT2D eigenvalue weighted by Crippen LogP contribution is 2.25. The van der Waals surface area contributed by atoms with Crippen molar-refractivity contribution in [3.63, 3.8) is 0 Å². The highest BCUT2D eigenvalue weighted by Gasteiger charge is 2.43. The second kappa shape index (κ2) is 10.6. The van der Waals surface area contributed by atoms with E-state index in [9.17, 15) is 24.6 Å². The molecule has 0 saturated carbocycles. The first-order chi connectivity index (χ1) is 13.4. The number of ether oxygens (including phenoxy) is 1. The Labute approximate surface area is 173 Å². The normalized spacial score (nSPS) is 22.5. The minimum atomic E-state index is -1.17. The van der Waals surface area contributed by atoms with Crippen LogP contribution in [0.5, 0.6) is 0 Å². The van der Waals surface area contributed by atoms with Crippen LogP contribution in [-0.4, -0.2) is 63.4 Å². The van der Waals surface area contributed by atoms with E-state index < -0.39 is 41.8 Å². The van der Waals surface area contributed by atoms with Gasteiger partial charge in [-0.25, -0.2) is 9.59 Å². The van der Waals surface area contributed by atoms with E-state index in [0.717, 1.165) is 17.7 Å². The summed E-state index contributed by atoms with van der Waals surface area (Å²) in [6.45, 7) is 12.7. The molecule has 3 N–H and O–H groups in total. The molecule has 8 heteroatoms. The van der Waals surface area contributed by atoms with E-state index in [1.165, 1.54) is 0 Å². The molecule has 1 fully saturated rings. The van der Waals surface area contributed by atoms with Crippen molar-refractivity contribution < 1.29 is 29.3 Å². The third kappa shape index (κ3) is 8.04. The number of carbonyl (C=O) groups excluding carboxylic acids is 2. The summed E-state index contributed by atoms with van der Waals surface area (Å²) in [4.78, 5) is 38.2. The van der Waals surface area contributed by atoms with E-state index in [1.807, 2.05) is 13.0 Å². The first-order valence-electron chi connectivity index (χ1n) is 10.2. The number of aliphatic carboxylic acids is 1. The minimum absolute atomic E-state index is 0.0235. The standard InChI is InChI=1S/C21H36N2O6/c1-7-8-9-13(2)10-14(3)17(22-20(28)29-21(4,5)6)18(25)23-12-15(24)11-16(23)19(26)27/h7,13-17,24H,1,8-12H2,2-6H3,(H,22,28)(H,26,27)/t13-,14-,15-,16+,17+/m1/s1. The predicted molar refractivity (Wildman–Crippen MR) is 109 cm³/mol. The zero-order chi connectivity index (χ0) is 22.4. The molecule has 0 unspecified atom stereocenters. The second-order valence-corrected chi connectivity index (χ2v) is 9.04. The number of carboxylic acids is 1. The lowest BCUT2D eigenvalue weighted by atomic mass is 9.88. The zero-order valence-corrected chi connectivity index (χ0v) is 18.2. The van der Waals surface area contributed by atoms with Crippen LogP contribution in [-0.2, 0) is 14.3 Å². The number of aliphatic hydroxyl groups is 1. The Morgan fingerprint density at radius 3 is 2.45 bits per heavy atom. The van der Waals surface area contributed by atoms with Crippen LogP contribution in [0.2, 0.25) is 0 Å². The van der Waals surface area contributed by atoms with Gasteiger partial charge in [0.05, 0.1) is 6.10 Å². The van der Waals surface area contributed by atoms with Gasteiger partial charge in [0.1, 0.15) is 17.7 Å². The number of hydrogen-bond donors (Lipinski definition) is 3. The number of alkyl carbamates (subject to hydrolysis) is 1. The number of allylic oxidation sites excluding steroid dienone is 1. The van der Waals surface area contributed by atoms with E-state index >= 15 is 0 Å². The van der Waals surface area contributed by atoms with Gasteiger partial charge >= 0.3 is 12.1 Å². The quantitative estimate of drug-likeness (QED) is 0.501. The number of aliphatic hydroxyl groups excluding tert-OH is 1. The summed E-state index contributed by atoms with van der Waals surface area (Å²) in [5.41, 5.74) is -0.731. The fraction of sp³-hybridized carbons (Fsp3) is 0.762. The van der Waals surface area contributed by atoms with Gasteiger partial charge in [-0.15, -0.1) is 6.58 Å². The molecule has 0 spiro atoms. The summed E-state index contributed by atoms with van der Waals surface area (Å²) in [5.74, 6) is -1.64. The largest absolute Gasteiger partial charge is 0.480 e. The average molecular weight is 413 g/mol. The van der Waals surface area contributed by atoms with E-state index in [2.05, 4.69) is 18.8 Å². The molecular weight excluding hydrogens is 376 g/mol. The summed E-state index contributed by atoms with van der Waals surface area (Å²) < 4.78 is 5.30. The van der Waals surface area contributed by atoms with Gasteiger partial charge in [-0.1, -0.05) is 19.9 Å². The first-order valence-corrected chi connectivity index (χ1v) is 10.2. The monoisotopic (exact) mass is 412 g/mol. The topological polar surface area (TPSA) is 116 Å². The number of hydrogen-bond acceptors (Lipinski definition) is 5. The van der Waals surface area contributed by atoms with Crippen LogP contribution < -0.4 is 5.32 Å². The highest BCUT2D eigenvalue weighted by atomic mass is 16.6. The van der Waals surface area contributed by atoms with Gasteiger partial charge < -0.3 is 25.2 Å². The third-order valence-electron chi connectivity index (χ3n) is 4.99. The number of likely N-dealkylation sites (tertiary alicyclic amines) is 1. The predicted octanol–water partition coefficient (Wildman–Crippen LogP) is 2.55. The molecule has 1 aliphatic rings. The molecule has 1 aliphatic heterocycles. The molecule has 2 amide bonds. The van der Waals surface area contributed by atoms with Crippen molar-refractivity contribution in [2.45, 2.75) is 84.1 Å². The van der Waals surface area contributed by atoms with E-state index in [-0.39, 0.29) is 24.8 Å². The first kappa shape index (κ1) is 24.9. The summed E-state index contributed by atoms with van der Waals surface area (Å²) in [5, 5.41) is 21.9. The number of nitrogens with one attached hydrogen (secondary N) is 1. The lowest BCUT2D eigenvalue weighted by Gasteiger charge is -2.32. The molecule has 8 nitrogen and oxygen atoms in total. The number of β-amino-alcohol motifs (C(OH)–C–C–N with tert-alkyl or cyclic N) is 1. The van der Waals surface area contributed by atoms with E-state index in [0.29, 0.717) is 6.42 Å². The van der Waals surface area contributed by atoms with Crippen molar-refractivity contribution in [2.24, 2.45) is 11.8 Å². The maximum atomic E-state index is 13.2. The molecule has 0 aromatic rings. The van der Waals surface area contributed by atoms with Gasteiger partial charge in [-0.3, -0.25) is 4.79 Å². The van der Waals surface area contributed by atoms with E-state index in [4.69, 9.17) is 4.74 Å². The SMILES string of the molecule is C=CCC[C@@H](C)C[C@@H](C)[C@H](NC(=O)OC(C)(C)C)C(=O)N1C[C@H](O)C[C@H]1C(=O)O. The van der Waals surface area contributed by atoms with Gasteiger partial charge in [-0.05, 0) is 51.9 Å². The maximum absolute atomic E-state index is 13.2. The van der Waals surface area contributed by atoms with Gasteiger partial charge in [-0.2, -0.15) is 0 Å². The smallest absolute Gasteiger partial charge is 0.408 e. The lowest BCUT2D eigenvalue weighted by Crippen LogP contribution is -2.55. The van der Waals surface area contributed by atoms with Crippen LogP contribution in [0.1, 0.15) is 60.3 Å². The Balaban J connectivity index is 3.01. The van der Waals surface area contributed by atoms with Crippen molar-refractivity contribution in [1.29, 1.82) is 0 Å². The van der Waals surface area contributed by atoms with Crippen LogP contribution >= 0.6 is 0 Å². The number of carbonyl (C=O) groups is 3. The Morgan fingerprint density at radius 2 is 1.93 bits per heavy atom. The van der Waals surface area contributed by atoms with Crippen LogP contribution in [0.15, 0.2) is 12.7 Å². The molecule has 5 atom stereocenters. The van der Waals surface area contributed by atoms with Crippen LogP contribution in [0.25, 0.3) is 0 Å². The fourth-order valence-corrected chi connectivity index (χ4v) is 3.64. The molecule has 0 radical (unpaired) electrons. The minimum Gasteiger partial charge on any atom is -0.480 e. The van der Waals surface area contributed by atoms with Gasteiger partial charge in [0.15, 0.2) is 0 Å². The summed E-state index contributed by atoms with van der Waals surface area (Å²) in [6, 6.07) is -2.05. The lowest BCUT2D eigenvalue weighted by molar-refractivity contribution is -0.149. The van der Waals surface area contributed by atoms with Crippen LogP contribution in [0.4, 0.5) is 4.79 Å². The summed E-state index contributed by atoms with van der Waals surface area (Å²) in [7, 11) is 0. The molecule has 166 valence electrons. The van der Waals surface area contributed by atoms with Gasteiger partial charge in [0.25, 0.3) is 0 Å². The fourth-order valence-electron chi connectivity index (χ4n) is 3.64. The third-order valence-corrected chi connectivity index (χ3v) is 4.99. The molecular formula is C21H36N2O6. The summed E-state index contributed by atoms with van der Waals surface area (Å²) >= 11 is 0. The van der Waals surface area contributed by atoms with E-state index in [1.54, 1.807) is 20.8 Å². The van der Waals surface area contributed by atoms with Crippen molar-refractivity contribution in [3.05, 3.63) is 12.7 Å². The molecule has 1 rings (SSSR count). The van der Waals surface area contributed by atoms with Crippen molar-refractivity contribution in [3.8, 4) is 0 Å². The molecule has 0 aromatic carbocycles. The Hall–Kier alpha value is -2.09. The Bertz CT molecular complexity index is 600. The number of carboxylic acid groups (broad SMARTS) is 1. The number of nitrogens with zero attached hydrogens (tertiary/aromatic N) is 1.